The summed E-state index contributed by atoms with van der Waals surface area (Å²) in [6.07, 6.45) is 6.23. The summed E-state index contributed by atoms with van der Waals surface area (Å²) >= 11 is 3.94. The summed E-state index contributed by atoms with van der Waals surface area (Å²) < 4.78 is 0.367. The molecular weight excluding hydrogens is 296 g/mol. The van der Waals surface area contributed by atoms with Crippen LogP contribution in [0.5, 0.6) is 0 Å². The Morgan fingerprint density at radius 1 is 1.44 bits per heavy atom. The van der Waals surface area contributed by atoms with Crippen LogP contribution in [0, 0.1) is 11.8 Å². The summed E-state index contributed by atoms with van der Waals surface area (Å²) in [5.41, 5.74) is 10.2. The Bertz CT molecular complexity index is 498. The molecule has 4 bridgehead atoms. The quantitative estimate of drug-likeness (QED) is 0.663. The fourth-order valence-corrected chi connectivity index (χ4v) is 5.10. The predicted molar refractivity (Wildman–Crippen MR) is 69.1 cm³/mol. The van der Waals surface area contributed by atoms with Crippen molar-refractivity contribution in [3.63, 3.8) is 0 Å². The van der Waals surface area contributed by atoms with E-state index >= 15 is 0 Å². The number of aromatic nitrogens is 4. The molecule has 0 radical (unpaired) electrons. The first-order valence-electron chi connectivity index (χ1n) is 6.33. The van der Waals surface area contributed by atoms with Crippen LogP contribution in [0.4, 0.5) is 5.95 Å². The smallest absolute Gasteiger partial charge is 0.0807 e. The second-order valence-corrected chi connectivity index (χ2v) is 7.37. The molecule has 2 N–H and O–H groups in total. The van der Waals surface area contributed by atoms with Gasteiger partial charge in [-0.1, -0.05) is 15.9 Å². The van der Waals surface area contributed by atoms with Crippen molar-refractivity contribution >= 4 is 21.9 Å². The van der Waals surface area contributed by atoms with E-state index in [0.29, 0.717) is 16.2 Å². The van der Waals surface area contributed by atoms with E-state index in [9.17, 15) is 0 Å². The lowest BCUT2D eigenvalue weighted by atomic mass is 9.60. The SMILES string of the molecule is Br[C@@]12CC3=C(N[N-]c4nn[nH]n4)[C@@H](C[C@@H](C3)C1)C2. The zero-order valence-corrected chi connectivity index (χ0v) is 11.4. The summed E-state index contributed by atoms with van der Waals surface area (Å²) in [5, 5.41) is 13.5. The van der Waals surface area contributed by atoms with Gasteiger partial charge in [0.05, 0.1) is 5.95 Å². The third kappa shape index (κ3) is 1.64. The summed E-state index contributed by atoms with van der Waals surface area (Å²) in [6, 6.07) is 0. The van der Waals surface area contributed by atoms with Crippen LogP contribution in [0.25, 0.3) is 5.43 Å². The van der Waals surface area contributed by atoms with Crippen LogP contribution >= 0.6 is 15.9 Å². The van der Waals surface area contributed by atoms with E-state index in [4.69, 9.17) is 0 Å². The van der Waals surface area contributed by atoms with Gasteiger partial charge in [0, 0.05) is 15.9 Å². The Morgan fingerprint density at radius 2 is 2.39 bits per heavy atom. The number of tetrazole rings is 1. The van der Waals surface area contributed by atoms with E-state index in [1.165, 1.54) is 37.0 Å². The first kappa shape index (κ1) is 10.8. The maximum absolute atomic E-state index is 4.20. The summed E-state index contributed by atoms with van der Waals surface area (Å²) in [5.74, 6) is 1.85. The van der Waals surface area contributed by atoms with E-state index in [2.05, 4.69) is 47.4 Å². The minimum atomic E-state index is 0.366. The zero-order chi connectivity index (χ0) is 12.2. The molecule has 0 aliphatic heterocycles. The van der Waals surface area contributed by atoms with Gasteiger partial charge in [0.15, 0.2) is 0 Å². The first-order valence-corrected chi connectivity index (χ1v) is 7.12. The van der Waals surface area contributed by atoms with E-state index in [1.807, 2.05) is 0 Å². The van der Waals surface area contributed by atoms with Gasteiger partial charge >= 0.3 is 0 Å². The van der Waals surface area contributed by atoms with Crippen molar-refractivity contribution in [2.45, 2.75) is 36.4 Å². The molecule has 96 valence electrons. The number of H-pyrrole nitrogens is 1. The highest BCUT2D eigenvalue weighted by Gasteiger charge is 2.49. The van der Waals surface area contributed by atoms with Gasteiger partial charge in [-0.3, -0.25) is 20.8 Å². The van der Waals surface area contributed by atoms with Crippen LogP contribution in [0.1, 0.15) is 32.1 Å². The molecule has 0 spiro atoms. The number of nitrogens with one attached hydrogen (secondary N) is 2. The number of aromatic amines is 1. The van der Waals surface area contributed by atoms with Gasteiger partial charge in [0.2, 0.25) is 0 Å². The minimum Gasteiger partial charge on any atom is -0.340 e. The Balaban J connectivity index is 1.56. The standard InChI is InChI=1S/C11H14BrN6/c12-11-3-6-1-7(4-11)9(8(2-6)5-11)13-14-10-15-17-18-16-10/h6-7,13H,1-5H2,(H-,14,15,16,17,18)/q-1/t6-,7-,11-/m0/s1. The summed E-state index contributed by atoms with van der Waals surface area (Å²) in [7, 11) is 0. The molecule has 18 heavy (non-hydrogen) atoms. The van der Waals surface area contributed by atoms with Gasteiger partial charge < -0.3 is 5.43 Å². The Morgan fingerprint density at radius 3 is 3.11 bits per heavy atom. The highest BCUT2D eigenvalue weighted by molar-refractivity contribution is 9.10. The molecular formula is C11H14BrN6-. The molecule has 0 unspecified atom stereocenters. The van der Waals surface area contributed by atoms with Crippen molar-refractivity contribution in [3.8, 4) is 0 Å². The van der Waals surface area contributed by atoms with Crippen LogP contribution in [-0.4, -0.2) is 24.9 Å². The van der Waals surface area contributed by atoms with Crippen LogP contribution in [0.3, 0.4) is 0 Å². The molecule has 1 aromatic heterocycles. The Labute approximate surface area is 113 Å². The highest BCUT2D eigenvalue weighted by atomic mass is 79.9. The number of alkyl halides is 1. The minimum absolute atomic E-state index is 0.366. The molecule has 0 amide bonds. The van der Waals surface area contributed by atoms with Crippen molar-refractivity contribution in [3.05, 3.63) is 16.7 Å². The molecule has 6 nitrogen and oxygen atoms in total. The Kier molecular flexibility index (Phi) is 2.21. The van der Waals surface area contributed by atoms with Gasteiger partial charge in [-0.2, -0.15) is 0 Å². The normalized spacial score (nSPS) is 37.2. The number of hydrogen-bond donors (Lipinski definition) is 2. The molecule has 2 saturated carbocycles. The van der Waals surface area contributed by atoms with Crippen LogP contribution in [0.15, 0.2) is 11.3 Å². The number of nitrogens with zero attached hydrogens (tertiary/aromatic N) is 4. The molecule has 7 heteroatoms. The average molecular weight is 310 g/mol. The average Bonchev–Trinajstić information content (AvgIpc) is 2.78. The number of allylic oxidation sites excluding steroid dienone is 2. The van der Waals surface area contributed by atoms with Crippen LogP contribution in [0.2, 0.25) is 0 Å². The molecule has 5 rings (SSSR count). The van der Waals surface area contributed by atoms with Crippen molar-refractivity contribution in [2.24, 2.45) is 11.8 Å². The lowest BCUT2D eigenvalue weighted by molar-refractivity contribution is 0.180. The summed E-state index contributed by atoms with van der Waals surface area (Å²) in [6.45, 7) is 0. The first-order chi connectivity index (χ1) is 8.72. The molecule has 4 aliphatic rings. The van der Waals surface area contributed by atoms with Gasteiger partial charge in [0.25, 0.3) is 0 Å². The van der Waals surface area contributed by atoms with Gasteiger partial charge in [-0.25, -0.2) is 0 Å². The fourth-order valence-electron chi connectivity index (χ4n) is 3.91. The summed E-state index contributed by atoms with van der Waals surface area (Å²) in [4.78, 5) is 0. The third-order valence-electron chi connectivity index (χ3n) is 4.35. The lowest BCUT2D eigenvalue weighted by Crippen LogP contribution is -2.46. The van der Waals surface area contributed by atoms with E-state index < -0.39 is 0 Å². The Hall–Kier alpha value is -1.11. The van der Waals surface area contributed by atoms with Gasteiger partial charge in [-0.05, 0) is 43.6 Å². The maximum Gasteiger partial charge on any atom is 0.0807 e. The molecule has 0 saturated heterocycles. The number of hydrogen-bond acceptors (Lipinski definition) is 4. The lowest BCUT2D eigenvalue weighted by Gasteiger charge is -2.52. The third-order valence-corrected chi connectivity index (χ3v) is 5.28. The second-order valence-electron chi connectivity index (χ2n) is 5.69. The molecule has 4 aliphatic carbocycles. The maximum atomic E-state index is 4.20. The highest BCUT2D eigenvalue weighted by Crippen LogP contribution is 2.58. The van der Waals surface area contributed by atoms with Crippen LogP contribution in [-0.2, 0) is 0 Å². The second kappa shape index (κ2) is 3.69. The van der Waals surface area contributed by atoms with Gasteiger partial charge in [-0.15, -0.1) is 5.21 Å². The molecule has 0 aromatic carbocycles. The monoisotopic (exact) mass is 309 g/mol. The van der Waals surface area contributed by atoms with Crippen molar-refractivity contribution in [2.75, 3.05) is 0 Å². The van der Waals surface area contributed by atoms with Crippen molar-refractivity contribution in [1.29, 1.82) is 0 Å². The zero-order valence-electron chi connectivity index (χ0n) is 9.86. The van der Waals surface area contributed by atoms with E-state index in [1.54, 1.807) is 0 Å². The van der Waals surface area contributed by atoms with E-state index in [0.717, 1.165) is 12.3 Å². The predicted octanol–water partition coefficient (Wildman–Crippen LogP) is 2.32. The number of rotatable bonds is 3. The molecule has 1 heterocycles. The van der Waals surface area contributed by atoms with Crippen molar-refractivity contribution in [1.82, 2.24) is 26.0 Å². The van der Waals surface area contributed by atoms with Crippen LogP contribution < -0.4 is 5.43 Å². The number of halogens is 1. The van der Waals surface area contributed by atoms with E-state index in [-0.39, 0.29) is 0 Å². The topological polar surface area (TPSA) is 80.6 Å². The largest absolute Gasteiger partial charge is 0.340 e. The molecule has 2 fully saturated rings. The molecule has 1 aromatic rings. The molecule has 3 atom stereocenters. The van der Waals surface area contributed by atoms with Crippen molar-refractivity contribution < 1.29 is 0 Å². The fraction of sp³-hybridized carbons (Fsp3) is 0.727. The van der Waals surface area contributed by atoms with Gasteiger partial charge in [0.1, 0.15) is 0 Å².